The van der Waals surface area contributed by atoms with E-state index in [2.05, 4.69) is 31.2 Å². The molecule has 33 heavy (non-hydrogen) atoms. The molecule has 4 rings (SSSR count). The molecule has 1 aliphatic rings. The summed E-state index contributed by atoms with van der Waals surface area (Å²) in [6.45, 7) is 2.84. The number of ether oxygens (including phenoxy) is 1. The van der Waals surface area contributed by atoms with Crippen LogP contribution in [0.15, 0.2) is 71.3 Å². The second-order valence-electron chi connectivity index (χ2n) is 9.60. The number of hydrogen-bond donors (Lipinski definition) is 1. The Morgan fingerprint density at radius 1 is 1.03 bits per heavy atom. The van der Waals surface area contributed by atoms with Gasteiger partial charge in [0.05, 0.1) is 33.5 Å². The first kappa shape index (κ1) is 25.6. The third-order valence-electron chi connectivity index (χ3n) is 6.58. The number of quaternary nitrogens is 1. The molecule has 0 bridgehead atoms. The molecule has 1 saturated carbocycles. The van der Waals surface area contributed by atoms with Crippen LogP contribution in [0.3, 0.4) is 0 Å². The van der Waals surface area contributed by atoms with Gasteiger partial charge >= 0.3 is 0 Å². The lowest BCUT2D eigenvalue weighted by Gasteiger charge is -2.32. The van der Waals surface area contributed by atoms with Gasteiger partial charge in [-0.2, -0.15) is 0 Å². The van der Waals surface area contributed by atoms with Crippen molar-refractivity contribution < 1.29 is 35.7 Å². The quantitative estimate of drug-likeness (QED) is 0.331. The topological polar surface area (TPSA) is 55.5 Å². The van der Waals surface area contributed by atoms with E-state index in [1.807, 2.05) is 48.5 Å². The summed E-state index contributed by atoms with van der Waals surface area (Å²) in [7, 11) is 4.32. The largest absolute Gasteiger partial charge is 1.00 e. The van der Waals surface area contributed by atoms with Crippen molar-refractivity contribution in [2.45, 2.75) is 44.4 Å². The summed E-state index contributed by atoms with van der Waals surface area (Å²) in [6, 6.07) is 20.1. The van der Waals surface area contributed by atoms with Crippen LogP contribution in [-0.4, -0.2) is 41.8 Å². The summed E-state index contributed by atoms with van der Waals surface area (Å²) in [5.74, 6) is 1.34. The molecule has 0 aliphatic heterocycles. The first-order valence-electron chi connectivity index (χ1n) is 11.6. The monoisotopic (exact) mass is 514 g/mol. The van der Waals surface area contributed by atoms with Crippen molar-refractivity contribution in [1.29, 1.82) is 0 Å². The number of benzene rings is 2. The Morgan fingerprint density at radius 3 is 2.33 bits per heavy atom. The molecule has 3 aromatic rings. The lowest BCUT2D eigenvalue weighted by Crippen LogP contribution is -3.00. The third-order valence-corrected chi connectivity index (χ3v) is 6.58. The molecule has 0 radical (unpaired) electrons. The molecule has 5 nitrogen and oxygen atoms in total. The highest BCUT2D eigenvalue weighted by atomic mass is 79.9. The Hall–Kier alpha value is -1.99. The van der Waals surface area contributed by atoms with Crippen molar-refractivity contribution in [3.63, 3.8) is 0 Å². The molecule has 1 unspecified atom stereocenters. The van der Waals surface area contributed by atoms with Crippen LogP contribution in [0, 0.1) is 5.92 Å². The van der Waals surface area contributed by atoms with Gasteiger partial charge in [-0.25, -0.2) is 4.98 Å². The number of hydrogen-bond acceptors (Lipinski definition) is 4. The van der Waals surface area contributed by atoms with Crippen LogP contribution in [0.5, 0.6) is 0 Å². The lowest BCUT2D eigenvalue weighted by molar-refractivity contribution is -0.905. The first-order chi connectivity index (χ1) is 15.5. The van der Waals surface area contributed by atoms with Gasteiger partial charge in [0.25, 0.3) is 0 Å². The summed E-state index contributed by atoms with van der Waals surface area (Å²) in [5, 5.41) is 11.9. The smallest absolute Gasteiger partial charge is 0.231 e. The molecule has 2 aromatic carbocycles. The highest BCUT2D eigenvalue weighted by Crippen LogP contribution is 2.44. The lowest BCUT2D eigenvalue weighted by atomic mass is 9.80. The molecule has 178 valence electrons. The summed E-state index contributed by atoms with van der Waals surface area (Å²) in [5.41, 5.74) is 0.875. The molecule has 1 atom stereocenters. The normalized spacial score (nSPS) is 16.3. The number of rotatable bonds is 10. The van der Waals surface area contributed by atoms with Gasteiger partial charge < -0.3 is 35.7 Å². The Balaban J connectivity index is 0.00000306. The van der Waals surface area contributed by atoms with Crippen LogP contribution >= 0.6 is 0 Å². The maximum atomic E-state index is 11.9. The van der Waals surface area contributed by atoms with E-state index in [0.29, 0.717) is 25.6 Å². The van der Waals surface area contributed by atoms with Crippen LogP contribution in [0.4, 0.5) is 0 Å². The Kier molecular flexibility index (Phi) is 8.88. The van der Waals surface area contributed by atoms with Gasteiger partial charge in [-0.1, -0.05) is 73.5 Å². The molecule has 1 aliphatic carbocycles. The molecule has 0 saturated heterocycles. The van der Waals surface area contributed by atoms with E-state index in [1.165, 1.54) is 5.56 Å². The van der Waals surface area contributed by atoms with Crippen LogP contribution < -0.4 is 17.0 Å². The minimum absolute atomic E-state index is 0. The van der Waals surface area contributed by atoms with Gasteiger partial charge in [0.2, 0.25) is 5.89 Å². The van der Waals surface area contributed by atoms with E-state index < -0.39 is 5.60 Å². The van der Waals surface area contributed by atoms with Gasteiger partial charge in [-0.05, 0) is 24.0 Å². The van der Waals surface area contributed by atoms with Gasteiger partial charge in [0.15, 0.2) is 11.4 Å². The van der Waals surface area contributed by atoms with Crippen LogP contribution in [0.25, 0.3) is 0 Å². The standard InChI is InChI=1S/C27H35N2O3.BrH/c1-29(2,17-18-31-21-22-11-5-3-6-12-22)20-25-19-28-26(32-25)27(30,24-15-9-10-16-24)23-13-7-4-8-14-23;/h3-8,11-14,19,24,30H,9-10,15-18,20-21H2,1-2H3;1H/q+1;/p-1. The van der Waals surface area contributed by atoms with E-state index >= 15 is 0 Å². The molecule has 0 amide bonds. The summed E-state index contributed by atoms with van der Waals surface area (Å²) in [6.07, 6.45) is 6.04. The first-order valence-corrected chi connectivity index (χ1v) is 11.6. The minimum atomic E-state index is -1.17. The van der Waals surface area contributed by atoms with Crippen molar-refractivity contribution >= 4 is 0 Å². The fourth-order valence-electron chi connectivity index (χ4n) is 4.70. The zero-order valence-electron chi connectivity index (χ0n) is 19.6. The maximum Gasteiger partial charge on any atom is 0.231 e. The fraction of sp³-hybridized carbons (Fsp3) is 0.444. The van der Waals surface area contributed by atoms with E-state index in [4.69, 9.17) is 9.15 Å². The Morgan fingerprint density at radius 2 is 1.67 bits per heavy atom. The van der Waals surface area contributed by atoms with Gasteiger partial charge in [-0.3, -0.25) is 0 Å². The molecule has 1 fully saturated rings. The van der Waals surface area contributed by atoms with Crippen LogP contribution in [0.1, 0.15) is 48.5 Å². The van der Waals surface area contributed by atoms with Crippen molar-refractivity contribution in [3.8, 4) is 0 Å². The Labute approximate surface area is 207 Å². The molecule has 1 N–H and O–H groups in total. The predicted octanol–water partition coefficient (Wildman–Crippen LogP) is 1.90. The SMILES string of the molecule is C[N+](C)(CCOCc1ccccc1)Cc1cnc(C(O)(c2ccccc2)C2CCCC2)o1.[Br-]. The van der Waals surface area contributed by atoms with E-state index in [-0.39, 0.29) is 22.9 Å². The second kappa shape index (κ2) is 11.4. The predicted molar refractivity (Wildman–Crippen MR) is 125 cm³/mol. The second-order valence-corrected chi connectivity index (χ2v) is 9.60. The number of oxazole rings is 1. The van der Waals surface area contributed by atoms with Gasteiger partial charge in [0.1, 0.15) is 13.1 Å². The number of aromatic nitrogens is 1. The highest BCUT2D eigenvalue weighted by molar-refractivity contribution is 5.30. The average Bonchev–Trinajstić information content (AvgIpc) is 3.50. The van der Waals surface area contributed by atoms with Crippen molar-refractivity contribution in [3.05, 3.63) is 89.6 Å². The number of aliphatic hydroxyl groups is 1. The highest BCUT2D eigenvalue weighted by Gasteiger charge is 2.45. The summed E-state index contributed by atoms with van der Waals surface area (Å²) >= 11 is 0. The van der Waals surface area contributed by atoms with Crippen LogP contribution in [0.2, 0.25) is 0 Å². The van der Waals surface area contributed by atoms with Crippen LogP contribution in [-0.2, 0) is 23.5 Å². The van der Waals surface area contributed by atoms with E-state index in [1.54, 1.807) is 6.20 Å². The van der Waals surface area contributed by atoms with Crippen molar-refractivity contribution in [1.82, 2.24) is 4.98 Å². The molecular weight excluding hydrogens is 480 g/mol. The van der Waals surface area contributed by atoms with E-state index in [0.717, 1.165) is 48.0 Å². The average molecular weight is 515 g/mol. The van der Waals surface area contributed by atoms with Crippen molar-refractivity contribution in [2.24, 2.45) is 5.92 Å². The molecule has 1 heterocycles. The molecule has 0 spiro atoms. The summed E-state index contributed by atoms with van der Waals surface area (Å²) < 4.78 is 12.8. The maximum absolute atomic E-state index is 11.9. The third kappa shape index (κ3) is 6.33. The minimum Gasteiger partial charge on any atom is -1.00 e. The molecule has 1 aromatic heterocycles. The Bertz CT molecular complexity index is 971. The van der Waals surface area contributed by atoms with Gasteiger partial charge in [0, 0.05) is 5.92 Å². The zero-order chi connectivity index (χ0) is 22.4. The number of likely N-dealkylation sites (N-methyl/N-ethyl adjacent to an activating group) is 1. The fourth-order valence-corrected chi connectivity index (χ4v) is 4.70. The molecule has 6 heteroatoms. The number of halogens is 1. The summed E-state index contributed by atoms with van der Waals surface area (Å²) in [4.78, 5) is 4.57. The van der Waals surface area contributed by atoms with E-state index in [9.17, 15) is 5.11 Å². The van der Waals surface area contributed by atoms with Gasteiger partial charge in [-0.15, -0.1) is 0 Å². The zero-order valence-corrected chi connectivity index (χ0v) is 21.2. The number of nitrogens with zero attached hydrogens (tertiary/aromatic N) is 2. The van der Waals surface area contributed by atoms with Crippen molar-refractivity contribution in [2.75, 3.05) is 27.2 Å². The molecular formula is C27H35BrN2O3.